The number of ether oxygens (including phenoxy) is 1. The van der Waals surface area contributed by atoms with Crippen molar-refractivity contribution < 1.29 is 19.7 Å². The number of thioether (sulfide) groups is 1. The molecule has 2 N–H and O–H groups in total. The first-order valence-electron chi connectivity index (χ1n) is 6.18. The molecule has 108 valence electrons. The zero-order valence-corrected chi connectivity index (χ0v) is 12.0. The van der Waals surface area contributed by atoms with E-state index in [1.54, 1.807) is 36.4 Å². The molecule has 0 saturated carbocycles. The Balaban J connectivity index is 2.23. The van der Waals surface area contributed by atoms with Gasteiger partial charge >= 0.3 is 5.97 Å². The summed E-state index contributed by atoms with van der Waals surface area (Å²) in [7, 11) is 0. The third kappa shape index (κ3) is 3.79. The quantitative estimate of drug-likeness (QED) is 0.619. The second-order valence-electron chi connectivity index (χ2n) is 4.13. The first-order chi connectivity index (χ1) is 10.1. The van der Waals surface area contributed by atoms with Gasteiger partial charge in [0.15, 0.2) is 0 Å². The summed E-state index contributed by atoms with van der Waals surface area (Å²) in [6, 6.07) is 11.2. The molecule has 0 radical (unpaired) electrons. The highest BCUT2D eigenvalue weighted by atomic mass is 32.2. The van der Waals surface area contributed by atoms with Gasteiger partial charge in [-0.3, -0.25) is 0 Å². The Morgan fingerprint density at radius 3 is 2.71 bits per heavy atom. The van der Waals surface area contributed by atoms with Crippen LogP contribution in [0.15, 0.2) is 60.0 Å². The summed E-state index contributed by atoms with van der Waals surface area (Å²) in [4.78, 5) is 11.8. The van der Waals surface area contributed by atoms with Gasteiger partial charge in [-0.2, -0.15) is 0 Å². The largest absolute Gasteiger partial charge is 0.507 e. The van der Waals surface area contributed by atoms with Gasteiger partial charge in [-0.25, -0.2) is 4.79 Å². The molecule has 2 aromatic carbocycles. The zero-order valence-electron chi connectivity index (χ0n) is 11.2. The normalized spacial score (nSPS) is 10.1. The van der Waals surface area contributed by atoms with Gasteiger partial charge in [0, 0.05) is 16.7 Å². The molecule has 0 atom stereocenters. The van der Waals surface area contributed by atoms with Crippen LogP contribution in [0.25, 0.3) is 0 Å². The molecular weight excluding hydrogens is 288 g/mol. The predicted octanol–water partition coefficient (Wildman–Crippen LogP) is 4.16. The number of benzene rings is 2. The second kappa shape index (κ2) is 6.85. The summed E-state index contributed by atoms with van der Waals surface area (Å²) in [6.07, 6.45) is 1.75. The van der Waals surface area contributed by atoms with Crippen LogP contribution < -0.4 is 4.74 Å². The van der Waals surface area contributed by atoms with Gasteiger partial charge < -0.3 is 14.9 Å². The van der Waals surface area contributed by atoms with Crippen LogP contribution >= 0.6 is 11.8 Å². The van der Waals surface area contributed by atoms with Crippen LogP contribution in [0.2, 0.25) is 0 Å². The van der Waals surface area contributed by atoms with Crippen molar-refractivity contribution in [2.24, 2.45) is 0 Å². The van der Waals surface area contributed by atoms with Gasteiger partial charge in [0.05, 0.1) is 0 Å². The first-order valence-corrected chi connectivity index (χ1v) is 7.17. The zero-order chi connectivity index (χ0) is 15.2. The molecule has 0 spiro atoms. The molecule has 0 aliphatic heterocycles. The molecular formula is C16H14O4S. The molecule has 0 saturated heterocycles. The number of hydrogen-bond acceptors (Lipinski definition) is 4. The van der Waals surface area contributed by atoms with Crippen LogP contribution in [0, 0.1) is 0 Å². The van der Waals surface area contributed by atoms with Gasteiger partial charge in [0.1, 0.15) is 22.8 Å². The van der Waals surface area contributed by atoms with Gasteiger partial charge in [0.2, 0.25) is 0 Å². The van der Waals surface area contributed by atoms with E-state index in [1.165, 1.54) is 23.9 Å². The molecule has 0 unspecified atom stereocenters. The number of carbonyl (C=O) groups is 1. The first kappa shape index (κ1) is 15.0. The van der Waals surface area contributed by atoms with Crippen molar-refractivity contribution in [1.82, 2.24) is 0 Å². The number of phenolic OH excluding ortho intramolecular Hbond substituents is 1. The van der Waals surface area contributed by atoms with E-state index in [9.17, 15) is 9.90 Å². The predicted molar refractivity (Wildman–Crippen MR) is 82.5 cm³/mol. The van der Waals surface area contributed by atoms with E-state index in [2.05, 4.69) is 6.58 Å². The summed E-state index contributed by atoms with van der Waals surface area (Å²) in [5.41, 5.74) is 0.0714. The number of aromatic carboxylic acids is 1. The van der Waals surface area contributed by atoms with E-state index in [0.29, 0.717) is 16.4 Å². The molecule has 0 heterocycles. The highest BCUT2D eigenvalue weighted by Crippen LogP contribution is 2.34. The van der Waals surface area contributed by atoms with Crippen LogP contribution in [0.5, 0.6) is 17.2 Å². The van der Waals surface area contributed by atoms with E-state index in [-0.39, 0.29) is 17.1 Å². The average Bonchev–Trinajstić information content (AvgIpc) is 2.47. The highest BCUT2D eigenvalue weighted by molar-refractivity contribution is 7.99. The number of para-hydroxylation sites is 1. The van der Waals surface area contributed by atoms with E-state index in [1.807, 2.05) is 0 Å². The van der Waals surface area contributed by atoms with Gasteiger partial charge in [0.25, 0.3) is 0 Å². The summed E-state index contributed by atoms with van der Waals surface area (Å²) in [5, 5.41) is 19.0. The van der Waals surface area contributed by atoms with Crippen LogP contribution in [-0.2, 0) is 0 Å². The van der Waals surface area contributed by atoms with Crippen LogP contribution in [0.1, 0.15) is 10.4 Å². The third-order valence-corrected chi connectivity index (χ3v) is 3.69. The van der Waals surface area contributed by atoms with E-state index in [4.69, 9.17) is 9.84 Å². The lowest BCUT2D eigenvalue weighted by Gasteiger charge is -2.10. The van der Waals surface area contributed by atoms with E-state index >= 15 is 0 Å². The molecule has 0 aromatic heterocycles. The minimum Gasteiger partial charge on any atom is -0.507 e. The molecule has 0 aliphatic carbocycles. The maximum Gasteiger partial charge on any atom is 0.339 e. The second-order valence-corrected chi connectivity index (χ2v) is 5.19. The van der Waals surface area contributed by atoms with Crippen LogP contribution in [-0.4, -0.2) is 21.9 Å². The van der Waals surface area contributed by atoms with Crippen LogP contribution in [0.4, 0.5) is 0 Å². The van der Waals surface area contributed by atoms with E-state index < -0.39 is 5.97 Å². The van der Waals surface area contributed by atoms with Gasteiger partial charge in [-0.1, -0.05) is 18.2 Å². The summed E-state index contributed by atoms with van der Waals surface area (Å²) >= 11 is 1.45. The molecule has 5 heteroatoms. The molecule has 0 aliphatic rings. The van der Waals surface area contributed by atoms with Gasteiger partial charge in [-0.15, -0.1) is 18.3 Å². The number of carboxylic acids is 1. The lowest BCUT2D eigenvalue weighted by molar-refractivity contribution is 0.0694. The molecule has 2 rings (SSSR count). The Kier molecular flexibility index (Phi) is 4.90. The molecule has 0 bridgehead atoms. The lowest BCUT2D eigenvalue weighted by Crippen LogP contribution is -1.99. The number of carboxylic acid groups (broad SMARTS) is 1. The summed E-state index contributed by atoms with van der Waals surface area (Å²) in [5.74, 6) is 0.329. The summed E-state index contributed by atoms with van der Waals surface area (Å²) < 4.78 is 5.54. The SMILES string of the molecule is C=CCSc1ccc(Oc2ccccc2C(=O)O)cc1O. The fraction of sp³-hybridized carbons (Fsp3) is 0.0625. The number of rotatable bonds is 6. The number of hydrogen-bond donors (Lipinski definition) is 2. The van der Waals surface area contributed by atoms with Gasteiger partial charge in [-0.05, 0) is 24.3 Å². The molecule has 21 heavy (non-hydrogen) atoms. The van der Waals surface area contributed by atoms with Crippen molar-refractivity contribution in [3.05, 3.63) is 60.7 Å². The number of phenols is 1. The smallest absolute Gasteiger partial charge is 0.339 e. The van der Waals surface area contributed by atoms with E-state index in [0.717, 1.165) is 0 Å². The topological polar surface area (TPSA) is 66.8 Å². The maximum absolute atomic E-state index is 11.1. The van der Waals surface area contributed by atoms with Crippen molar-refractivity contribution in [3.63, 3.8) is 0 Å². The molecule has 2 aromatic rings. The number of aromatic hydroxyl groups is 1. The third-order valence-electron chi connectivity index (χ3n) is 2.63. The molecule has 4 nitrogen and oxygen atoms in total. The van der Waals surface area contributed by atoms with Crippen molar-refractivity contribution in [1.29, 1.82) is 0 Å². The lowest BCUT2D eigenvalue weighted by atomic mass is 10.2. The van der Waals surface area contributed by atoms with Crippen molar-refractivity contribution in [3.8, 4) is 17.2 Å². The average molecular weight is 302 g/mol. The maximum atomic E-state index is 11.1. The molecule has 0 amide bonds. The van der Waals surface area contributed by atoms with Crippen molar-refractivity contribution in [2.75, 3.05) is 5.75 Å². The Hall–Kier alpha value is -2.40. The monoisotopic (exact) mass is 302 g/mol. The fourth-order valence-corrected chi connectivity index (χ4v) is 2.36. The minimum absolute atomic E-state index is 0.0714. The summed E-state index contributed by atoms with van der Waals surface area (Å²) in [6.45, 7) is 3.62. The Bertz CT molecular complexity index is 667. The minimum atomic E-state index is -1.06. The molecule has 0 fully saturated rings. The van der Waals surface area contributed by atoms with Crippen molar-refractivity contribution in [2.45, 2.75) is 4.90 Å². The standard InChI is InChI=1S/C16H14O4S/c1-2-9-21-15-8-7-11(10-13(15)17)20-14-6-4-3-5-12(14)16(18)19/h2-8,10,17H,1,9H2,(H,18,19). The Morgan fingerprint density at radius 2 is 2.05 bits per heavy atom. The van der Waals surface area contributed by atoms with Crippen molar-refractivity contribution >= 4 is 17.7 Å². The fourth-order valence-electron chi connectivity index (χ4n) is 1.69. The van der Waals surface area contributed by atoms with Crippen LogP contribution in [0.3, 0.4) is 0 Å². The highest BCUT2D eigenvalue weighted by Gasteiger charge is 2.12. The Labute approximate surface area is 126 Å². The Morgan fingerprint density at radius 1 is 1.29 bits per heavy atom.